The molecule has 0 heterocycles. The van der Waals surface area contributed by atoms with Gasteiger partial charge in [-0.25, -0.2) is 0 Å². The molecule has 0 unspecified atom stereocenters. The normalized spacial score (nSPS) is 55.0. The highest BCUT2D eigenvalue weighted by atomic mass is 16.3. The molecule has 4 aliphatic carbocycles. The Morgan fingerprint density at radius 3 is 2.40 bits per heavy atom. The van der Waals surface area contributed by atoms with Gasteiger partial charge >= 0.3 is 0 Å². The second-order valence-corrected chi connectivity index (χ2v) is 7.82. The highest BCUT2D eigenvalue weighted by Gasteiger charge is 2.83. The lowest BCUT2D eigenvalue weighted by molar-refractivity contribution is -0.148. The van der Waals surface area contributed by atoms with Gasteiger partial charge in [0.1, 0.15) is 5.60 Å². The predicted octanol–water partition coefficient (Wildman–Crippen LogP) is 0.796. The fourth-order valence-corrected chi connectivity index (χ4v) is 5.49. The summed E-state index contributed by atoms with van der Waals surface area (Å²) in [7, 11) is 0. The number of hydrogen-bond acceptors (Lipinski definition) is 4. The van der Waals surface area contributed by atoms with E-state index in [1.807, 2.05) is 13.8 Å². The molecule has 4 nitrogen and oxygen atoms in total. The Morgan fingerprint density at radius 2 is 1.90 bits per heavy atom. The van der Waals surface area contributed by atoms with E-state index in [1.165, 1.54) is 0 Å². The molecule has 110 valence electrons. The summed E-state index contributed by atoms with van der Waals surface area (Å²) >= 11 is 0. The van der Waals surface area contributed by atoms with Gasteiger partial charge in [0.25, 0.3) is 0 Å². The molecule has 0 aliphatic heterocycles. The fraction of sp³-hybridized carbons (Fsp3) is 0.812. The summed E-state index contributed by atoms with van der Waals surface area (Å²) in [6.07, 6.45) is 1.52. The summed E-state index contributed by atoms with van der Waals surface area (Å²) in [5.74, 6) is -0.153. The van der Waals surface area contributed by atoms with Crippen LogP contribution in [0, 0.1) is 22.2 Å². The molecule has 0 saturated heterocycles. The van der Waals surface area contributed by atoms with E-state index in [0.717, 1.165) is 24.0 Å². The lowest BCUT2D eigenvalue weighted by Gasteiger charge is -2.43. The lowest BCUT2D eigenvalue weighted by atomic mass is 9.63. The second kappa shape index (κ2) is 3.06. The van der Waals surface area contributed by atoms with Crippen molar-refractivity contribution in [2.24, 2.45) is 22.2 Å². The molecular weight excluding hydrogens is 256 g/mol. The molecule has 4 rings (SSSR count). The molecule has 20 heavy (non-hydrogen) atoms. The minimum atomic E-state index is -1.32. The minimum absolute atomic E-state index is 0.0324. The molecule has 0 aromatic carbocycles. The third kappa shape index (κ3) is 0.956. The van der Waals surface area contributed by atoms with Gasteiger partial charge in [-0.2, -0.15) is 0 Å². The van der Waals surface area contributed by atoms with E-state index in [2.05, 4.69) is 0 Å². The van der Waals surface area contributed by atoms with Gasteiger partial charge in [0.2, 0.25) is 0 Å². The molecule has 0 aromatic rings. The minimum Gasteiger partial charge on any atom is -0.396 e. The topological polar surface area (TPSA) is 77.8 Å². The Labute approximate surface area is 118 Å². The number of ketones is 1. The van der Waals surface area contributed by atoms with Crippen LogP contribution >= 0.6 is 0 Å². The van der Waals surface area contributed by atoms with E-state index < -0.39 is 27.9 Å². The summed E-state index contributed by atoms with van der Waals surface area (Å²) in [5.41, 5.74) is -1.29. The summed E-state index contributed by atoms with van der Waals surface area (Å²) in [5, 5.41) is 31.3. The van der Waals surface area contributed by atoms with Gasteiger partial charge in [-0.15, -0.1) is 0 Å². The van der Waals surface area contributed by atoms with Crippen molar-refractivity contribution in [1.82, 2.24) is 0 Å². The van der Waals surface area contributed by atoms with Crippen LogP contribution in [0.4, 0.5) is 0 Å². The lowest BCUT2D eigenvalue weighted by Crippen LogP contribution is -2.54. The van der Waals surface area contributed by atoms with Gasteiger partial charge < -0.3 is 15.3 Å². The Kier molecular flexibility index (Phi) is 1.99. The predicted molar refractivity (Wildman–Crippen MR) is 71.7 cm³/mol. The third-order valence-corrected chi connectivity index (χ3v) is 7.13. The van der Waals surface area contributed by atoms with Gasteiger partial charge in [-0.05, 0) is 44.6 Å². The van der Waals surface area contributed by atoms with E-state index in [-0.39, 0.29) is 18.3 Å². The summed E-state index contributed by atoms with van der Waals surface area (Å²) in [6, 6.07) is 0. The molecule has 0 bridgehead atoms. The van der Waals surface area contributed by atoms with Crippen LogP contribution in [-0.4, -0.2) is 39.4 Å². The van der Waals surface area contributed by atoms with Crippen LogP contribution < -0.4 is 0 Å². The van der Waals surface area contributed by atoms with Crippen LogP contribution in [0.15, 0.2) is 11.1 Å². The zero-order chi connectivity index (χ0) is 14.7. The Morgan fingerprint density at radius 1 is 1.30 bits per heavy atom. The maximum absolute atomic E-state index is 13.0. The molecule has 5 atom stereocenters. The van der Waals surface area contributed by atoms with E-state index in [9.17, 15) is 20.1 Å². The zero-order valence-corrected chi connectivity index (χ0v) is 12.2. The number of Topliss-reactive ketones (excluding diaryl/α,β-unsaturated/α-hetero) is 1. The Hall–Kier alpha value is -0.710. The maximum Gasteiger partial charge on any atom is 0.175 e. The van der Waals surface area contributed by atoms with E-state index >= 15 is 0 Å². The first-order valence-corrected chi connectivity index (χ1v) is 7.48. The van der Waals surface area contributed by atoms with Crippen molar-refractivity contribution in [3.05, 3.63) is 11.1 Å². The van der Waals surface area contributed by atoms with Crippen LogP contribution in [-0.2, 0) is 4.79 Å². The second-order valence-electron chi connectivity index (χ2n) is 7.82. The highest BCUT2D eigenvalue weighted by molar-refractivity contribution is 6.02. The quantitative estimate of drug-likeness (QED) is 0.620. The molecule has 0 radical (unpaired) electrons. The van der Waals surface area contributed by atoms with Gasteiger partial charge in [-0.3, -0.25) is 4.79 Å². The summed E-state index contributed by atoms with van der Waals surface area (Å²) in [6.45, 7) is 5.34. The first-order chi connectivity index (χ1) is 9.20. The van der Waals surface area contributed by atoms with Crippen molar-refractivity contribution in [3.8, 4) is 0 Å². The van der Waals surface area contributed by atoms with Crippen LogP contribution in [0.5, 0.6) is 0 Å². The number of aliphatic hydroxyl groups is 3. The fourth-order valence-electron chi connectivity index (χ4n) is 5.49. The molecule has 4 heteroatoms. The van der Waals surface area contributed by atoms with Crippen molar-refractivity contribution < 1.29 is 20.1 Å². The number of aliphatic hydroxyl groups excluding tert-OH is 2. The average molecular weight is 278 g/mol. The first kappa shape index (κ1) is 13.0. The van der Waals surface area contributed by atoms with Crippen molar-refractivity contribution in [2.45, 2.75) is 51.7 Å². The maximum atomic E-state index is 13.0. The molecule has 3 fully saturated rings. The number of carbonyl (C=O) groups is 1. The smallest absolute Gasteiger partial charge is 0.175 e. The summed E-state index contributed by atoms with van der Waals surface area (Å²) < 4.78 is 0. The standard InChI is InChI=1S/C16H22O4/c1-8-10-11(18)13(2,7-17)9-6-16(9,10)12(19)14(3,20)15(8)4-5-15/h9,11,17-18,20H,4-7H2,1-3H3/t9-,11+,13+,14-,16+/m0/s1. The van der Waals surface area contributed by atoms with Crippen LogP contribution in [0.25, 0.3) is 0 Å². The van der Waals surface area contributed by atoms with Crippen molar-refractivity contribution >= 4 is 5.78 Å². The SMILES string of the molecule is CC1=C2[C@@H](O)[C@](C)(CO)[C@@H]3C[C@]23C(=O)[C@](C)(O)C12CC2. The summed E-state index contributed by atoms with van der Waals surface area (Å²) in [4.78, 5) is 13.0. The molecule has 2 spiro atoms. The molecular formula is C16H22O4. The van der Waals surface area contributed by atoms with Crippen molar-refractivity contribution in [3.63, 3.8) is 0 Å². The largest absolute Gasteiger partial charge is 0.396 e. The number of carbonyl (C=O) groups excluding carboxylic acids is 1. The van der Waals surface area contributed by atoms with E-state index in [0.29, 0.717) is 6.42 Å². The van der Waals surface area contributed by atoms with Gasteiger partial charge in [0, 0.05) is 10.8 Å². The van der Waals surface area contributed by atoms with Crippen LogP contribution in [0.3, 0.4) is 0 Å². The number of rotatable bonds is 1. The Balaban J connectivity index is 1.98. The Bertz CT molecular complexity index is 571. The monoisotopic (exact) mass is 278 g/mol. The van der Waals surface area contributed by atoms with E-state index in [1.54, 1.807) is 6.92 Å². The van der Waals surface area contributed by atoms with Gasteiger partial charge in [-0.1, -0.05) is 12.5 Å². The van der Waals surface area contributed by atoms with Crippen molar-refractivity contribution in [1.29, 1.82) is 0 Å². The average Bonchev–Trinajstić information content (AvgIpc) is 3.28. The molecule has 0 amide bonds. The van der Waals surface area contributed by atoms with E-state index in [4.69, 9.17) is 0 Å². The van der Waals surface area contributed by atoms with Gasteiger partial charge in [0.15, 0.2) is 5.78 Å². The molecule has 3 N–H and O–H groups in total. The number of hydrogen-bond donors (Lipinski definition) is 3. The zero-order valence-electron chi connectivity index (χ0n) is 12.2. The van der Waals surface area contributed by atoms with Gasteiger partial charge in [0.05, 0.1) is 18.1 Å². The van der Waals surface area contributed by atoms with Crippen LogP contribution in [0.2, 0.25) is 0 Å². The molecule has 4 aliphatic rings. The van der Waals surface area contributed by atoms with Crippen molar-refractivity contribution in [2.75, 3.05) is 6.61 Å². The first-order valence-electron chi connectivity index (χ1n) is 7.48. The highest BCUT2D eigenvalue weighted by Crippen LogP contribution is 2.80. The molecule has 3 saturated carbocycles. The van der Waals surface area contributed by atoms with Crippen LogP contribution in [0.1, 0.15) is 40.0 Å². The third-order valence-electron chi connectivity index (χ3n) is 7.13. The molecule has 0 aromatic heterocycles.